The van der Waals surface area contributed by atoms with Crippen molar-refractivity contribution < 1.29 is 29.4 Å². The number of aliphatic carboxylic acids is 1. The van der Waals surface area contributed by atoms with Crippen molar-refractivity contribution in [2.24, 2.45) is 5.73 Å². The summed E-state index contributed by atoms with van der Waals surface area (Å²) in [6, 6.07) is 3.59. The van der Waals surface area contributed by atoms with Gasteiger partial charge in [0.05, 0.1) is 12.6 Å². The Morgan fingerprint density at radius 2 is 1.82 bits per heavy atom. The van der Waals surface area contributed by atoms with Crippen LogP contribution in [0.2, 0.25) is 0 Å². The molecule has 0 aliphatic carbocycles. The van der Waals surface area contributed by atoms with Gasteiger partial charge in [-0.05, 0) is 62.9 Å². The normalized spacial score (nSPS) is 17.1. The predicted octanol–water partition coefficient (Wildman–Crippen LogP) is -1.01. The van der Waals surface area contributed by atoms with Crippen LogP contribution >= 0.6 is 0 Å². The largest absolute Gasteiger partial charge is 0.508 e. The maximum absolute atomic E-state index is 12.9. The standard InChI is InChI=1S/C22H33N5O6/c23-10-2-1-4-17(22(32)33)27-21(31)18(12-14-6-8-15(28)9-7-14)26-19(29)13-25-20(30)16-5-3-11-24-16/h6-9,16-18,24,28H,1-5,10-13,23H2,(H,25,30)(H,26,29)(H,27,31)(H,32,33). The average molecular weight is 464 g/mol. The van der Waals surface area contributed by atoms with Crippen molar-refractivity contribution in [3.05, 3.63) is 29.8 Å². The molecule has 1 aromatic carbocycles. The van der Waals surface area contributed by atoms with Gasteiger partial charge in [0.15, 0.2) is 0 Å². The Bertz CT molecular complexity index is 810. The number of aromatic hydroxyl groups is 1. The van der Waals surface area contributed by atoms with Crippen molar-refractivity contribution in [3.8, 4) is 5.75 Å². The van der Waals surface area contributed by atoms with Crippen LogP contribution in [0.15, 0.2) is 24.3 Å². The highest BCUT2D eigenvalue weighted by atomic mass is 16.4. The molecule has 0 bridgehead atoms. The van der Waals surface area contributed by atoms with E-state index in [4.69, 9.17) is 5.73 Å². The molecule has 3 unspecified atom stereocenters. The zero-order valence-electron chi connectivity index (χ0n) is 18.5. The molecular weight excluding hydrogens is 430 g/mol. The van der Waals surface area contributed by atoms with Gasteiger partial charge in [0.1, 0.15) is 17.8 Å². The third-order valence-corrected chi connectivity index (χ3v) is 5.39. The highest BCUT2D eigenvalue weighted by Gasteiger charge is 2.27. The molecule has 11 heteroatoms. The maximum atomic E-state index is 12.9. The Hall–Kier alpha value is -3.18. The van der Waals surface area contributed by atoms with Gasteiger partial charge in [0.25, 0.3) is 0 Å². The molecule has 3 atom stereocenters. The maximum Gasteiger partial charge on any atom is 0.326 e. The number of hydrogen-bond acceptors (Lipinski definition) is 7. The van der Waals surface area contributed by atoms with Crippen molar-refractivity contribution in [1.29, 1.82) is 0 Å². The summed E-state index contributed by atoms with van der Waals surface area (Å²) in [6.45, 7) is 0.854. The summed E-state index contributed by atoms with van der Waals surface area (Å²) in [6.07, 6.45) is 3.02. The Morgan fingerprint density at radius 1 is 1.09 bits per heavy atom. The second kappa shape index (κ2) is 13.4. The number of benzene rings is 1. The Kier molecular flexibility index (Phi) is 10.6. The van der Waals surface area contributed by atoms with E-state index in [0.717, 1.165) is 13.0 Å². The molecule has 2 rings (SSSR count). The summed E-state index contributed by atoms with van der Waals surface area (Å²) in [5.41, 5.74) is 6.10. The molecule has 182 valence electrons. The number of nitrogens with two attached hydrogens (primary N) is 1. The summed E-state index contributed by atoms with van der Waals surface area (Å²) in [5, 5.41) is 29.6. The third kappa shape index (κ3) is 9.07. The zero-order chi connectivity index (χ0) is 24.2. The predicted molar refractivity (Wildman–Crippen MR) is 120 cm³/mol. The van der Waals surface area contributed by atoms with Gasteiger partial charge in [0.2, 0.25) is 17.7 Å². The number of phenols is 1. The summed E-state index contributed by atoms with van der Waals surface area (Å²) in [5.74, 6) is -2.63. The summed E-state index contributed by atoms with van der Waals surface area (Å²) < 4.78 is 0. The average Bonchev–Trinajstić information content (AvgIpc) is 3.33. The second-order valence-corrected chi connectivity index (χ2v) is 8.04. The van der Waals surface area contributed by atoms with E-state index in [9.17, 15) is 29.4 Å². The number of rotatable bonds is 13. The fourth-order valence-electron chi connectivity index (χ4n) is 3.54. The number of hydrogen-bond donors (Lipinski definition) is 7. The molecule has 0 aromatic heterocycles. The molecule has 1 fully saturated rings. The van der Waals surface area contributed by atoms with E-state index in [1.54, 1.807) is 12.1 Å². The molecule has 1 aliphatic heterocycles. The van der Waals surface area contributed by atoms with Gasteiger partial charge in [-0.1, -0.05) is 12.1 Å². The van der Waals surface area contributed by atoms with E-state index in [0.29, 0.717) is 31.4 Å². The van der Waals surface area contributed by atoms with Gasteiger partial charge in [0, 0.05) is 6.42 Å². The fourth-order valence-corrected chi connectivity index (χ4v) is 3.54. The van der Waals surface area contributed by atoms with Crippen LogP contribution in [0.4, 0.5) is 0 Å². The van der Waals surface area contributed by atoms with Gasteiger partial charge in [-0.15, -0.1) is 0 Å². The van der Waals surface area contributed by atoms with Gasteiger partial charge < -0.3 is 37.2 Å². The molecule has 8 N–H and O–H groups in total. The van der Waals surface area contributed by atoms with E-state index >= 15 is 0 Å². The summed E-state index contributed by atoms with van der Waals surface area (Å²) >= 11 is 0. The molecule has 0 radical (unpaired) electrons. The van der Waals surface area contributed by atoms with Crippen LogP contribution < -0.4 is 27.0 Å². The first-order valence-electron chi connectivity index (χ1n) is 11.1. The van der Waals surface area contributed by atoms with Crippen molar-refractivity contribution in [3.63, 3.8) is 0 Å². The minimum atomic E-state index is -1.17. The quantitative estimate of drug-likeness (QED) is 0.181. The van der Waals surface area contributed by atoms with Crippen LogP contribution in [-0.2, 0) is 25.6 Å². The van der Waals surface area contributed by atoms with Gasteiger partial charge in [-0.3, -0.25) is 14.4 Å². The van der Waals surface area contributed by atoms with Crippen LogP contribution in [0, 0.1) is 0 Å². The molecule has 0 saturated carbocycles. The molecule has 0 spiro atoms. The molecule has 1 saturated heterocycles. The van der Waals surface area contributed by atoms with E-state index in [1.807, 2.05) is 0 Å². The summed E-state index contributed by atoms with van der Waals surface area (Å²) in [4.78, 5) is 49.0. The number of carbonyl (C=O) groups is 4. The van der Waals surface area contributed by atoms with Gasteiger partial charge in [-0.25, -0.2) is 4.79 Å². The molecule has 1 aromatic rings. The Morgan fingerprint density at radius 3 is 2.42 bits per heavy atom. The minimum absolute atomic E-state index is 0.0536. The van der Waals surface area contributed by atoms with Crippen molar-refractivity contribution in [1.82, 2.24) is 21.3 Å². The van der Waals surface area contributed by atoms with Crippen LogP contribution in [0.5, 0.6) is 5.75 Å². The van der Waals surface area contributed by atoms with Crippen molar-refractivity contribution in [2.75, 3.05) is 19.6 Å². The molecule has 3 amide bonds. The molecule has 1 heterocycles. The Balaban J connectivity index is 2.01. The number of amides is 3. The van der Waals surface area contributed by atoms with Crippen LogP contribution in [0.1, 0.15) is 37.7 Å². The first kappa shape index (κ1) is 26.1. The van der Waals surface area contributed by atoms with E-state index in [2.05, 4.69) is 21.3 Å². The second-order valence-electron chi connectivity index (χ2n) is 8.04. The monoisotopic (exact) mass is 463 g/mol. The third-order valence-electron chi connectivity index (χ3n) is 5.39. The highest BCUT2D eigenvalue weighted by Crippen LogP contribution is 2.12. The Labute approximate surface area is 192 Å². The fraction of sp³-hybridized carbons (Fsp3) is 0.545. The van der Waals surface area contributed by atoms with Crippen molar-refractivity contribution in [2.45, 2.75) is 56.7 Å². The lowest BCUT2D eigenvalue weighted by atomic mass is 10.0. The van der Waals surface area contributed by atoms with E-state index in [1.165, 1.54) is 12.1 Å². The number of carboxylic acids is 1. The number of unbranched alkanes of at least 4 members (excludes halogenated alkanes) is 1. The van der Waals surface area contributed by atoms with E-state index in [-0.39, 0.29) is 37.1 Å². The van der Waals surface area contributed by atoms with Gasteiger partial charge in [-0.2, -0.15) is 0 Å². The minimum Gasteiger partial charge on any atom is -0.508 e. The van der Waals surface area contributed by atoms with Crippen LogP contribution in [-0.4, -0.2) is 71.7 Å². The first-order chi connectivity index (χ1) is 15.8. The molecule has 1 aliphatic rings. The lowest BCUT2D eigenvalue weighted by Gasteiger charge is -2.22. The van der Waals surface area contributed by atoms with Gasteiger partial charge >= 0.3 is 5.97 Å². The summed E-state index contributed by atoms with van der Waals surface area (Å²) in [7, 11) is 0. The zero-order valence-corrected chi connectivity index (χ0v) is 18.5. The SMILES string of the molecule is NCCCCC(NC(=O)C(Cc1ccc(O)cc1)NC(=O)CNC(=O)C1CCCN1)C(=O)O. The number of nitrogens with one attached hydrogen (secondary N) is 4. The smallest absolute Gasteiger partial charge is 0.326 e. The van der Waals surface area contributed by atoms with Crippen LogP contribution in [0.3, 0.4) is 0 Å². The lowest BCUT2D eigenvalue weighted by molar-refractivity contribution is -0.142. The molecular formula is C22H33N5O6. The topological polar surface area (TPSA) is 183 Å². The number of carboxylic acid groups (broad SMARTS) is 1. The van der Waals surface area contributed by atoms with Crippen molar-refractivity contribution >= 4 is 23.7 Å². The number of carbonyl (C=O) groups excluding carboxylic acids is 3. The highest BCUT2D eigenvalue weighted by molar-refractivity contribution is 5.92. The molecule has 11 nitrogen and oxygen atoms in total. The first-order valence-corrected chi connectivity index (χ1v) is 11.1. The van der Waals surface area contributed by atoms with Crippen LogP contribution in [0.25, 0.3) is 0 Å². The number of phenolic OH excluding ortho intramolecular Hbond substituents is 1. The molecule has 33 heavy (non-hydrogen) atoms. The van der Waals surface area contributed by atoms with E-state index < -0.39 is 29.9 Å². The lowest BCUT2D eigenvalue weighted by Crippen LogP contribution is -2.54.